The second-order valence-corrected chi connectivity index (χ2v) is 8.81. The highest BCUT2D eigenvalue weighted by Crippen LogP contribution is 2.53. The number of methoxy groups -OCH3 is 1. The Morgan fingerprint density at radius 2 is 1.90 bits per heavy atom. The zero-order chi connectivity index (χ0) is 20.7. The standard InChI is InChI=1S/C22H23NO5S/c1-11-4-3-5-12(8-11)15-10-29-20(18(15)22(27)28-2)23-19(24)16-13-6-7-14(9-13)17(16)21(25)26/h3-5,8,10,13-14,16-17H,6-7,9H2,1-2H3,(H,23,24)(H,25,26)/t13-,14-,16-,17-/m0/s1. The van der Waals surface area contributed by atoms with Crippen molar-refractivity contribution in [3.05, 3.63) is 40.8 Å². The molecule has 7 heteroatoms. The van der Waals surface area contributed by atoms with E-state index in [1.165, 1.54) is 18.4 Å². The lowest BCUT2D eigenvalue weighted by Crippen LogP contribution is -2.37. The third-order valence-corrected chi connectivity index (χ3v) is 7.15. The molecule has 2 aromatic rings. The van der Waals surface area contributed by atoms with Crippen LogP contribution in [0.2, 0.25) is 0 Å². The Morgan fingerprint density at radius 1 is 1.17 bits per heavy atom. The van der Waals surface area contributed by atoms with Gasteiger partial charge < -0.3 is 15.2 Å². The minimum atomic E-state index is -0.905. The van der Waals surface area contributed by atoms with Gasteiger partial charge in [0.2, 0.25) is 5.91 Å². The van der Waals surface area contributed by atoms with E-state index in [1.807, 2.05) is 36.6 Å². The van der Waals surface area contributed by atoms with Crippen molar-refractivity contribution in [2.24, 2.45) is 23.7 Å². The van der Waals surface area contributed by atoms with Gasteiger partial charge in [0.05, 0.1) is 18.9 Å². The maximum Gasteiger partial charge on any atom is 0.341 e. The molecular weight excluding hydrogens is 390 g/mol. The summed E-state index contributed by atoms with van der Waals surface area (Å²) in [5.74, 6) is -2.78. The number of carbonyl (C=O) groups is 3. The van der Waals surface area contributed by atoms with E-state index in [-0.39, 0.29) is 17.7 Å². The molecule has 1 amide bonds. The van der Waals surface area contributed by atoms with Crippen LogP contribution in [-0.2, 0) is 14.3 Å². The Hall–Kier alpha value is -2.67. The van der Waals surface area contributed by atoms with Crippen molar-refractivity contribution < 1.29 is 24.2 Å². The van der Waals surface area contributed by atoms with Crippen molar-refractivity contribution in [1.29, 1.82) is 0 Å². The van der Waals surface area contributed by atoms with Crippen LogP contribution in [0, 0.1) is 30.6 Å². The quantitative estimate of drug-likeness (QED) is 0.717. The number of rotatable bonds is 5. The largest absolute Gasteiger partial charge is 0.481 e. The average Bonchev–Trinajstić information content (AvgIpc) is 3.41. The van der Waals surface area contributed by atoms with E-state index in [0.717, 1.165) is 30.4 Å². The smallest absolute Gasteiger partial charge is 0.341 e. The first-order valence-corrected chi connectivity index (χ1v) is 10.6. The van der Waals surface area contributed by atoms with Crippen LogP contribution >= 0.6 is 11.3 Å². The molecule has 2 fully saturated rings. The Labute approximate surface area is 172 Å². The van der Waals surface area contributed by atoms with Crippen LogP contribution in [0.1, 0.15) is 35.2 Å². The Kier molecular flexibility index (Phi) is 5.17. The first-order chi connectivity index (χ1) is 13.9. The van der Waals surface area contributed by atoms with Crippen LogP contribution in [-0.4, -0.2) is 30.1 Å². The van der Waals surface area contributed by atoms with Crippen molar-refractivity contribution in [3.63, 3.8) is 0 Å². The van der Waals surface area contributed by atoms with Gasteiger partial charge in [-0.15, -0.1) is 11.3 Å². The molecule has 2 saturated carbocycles. The van der Waals surface area contributed by atoms with Crippen LogP contribution < -0.4 is 5.32 Å². The molecule has 2 bridgehead atoms. The van der Waals surface area contributed by atoms with E-state index in [9.17, 15) is 19.5 Å². The molecule has 1 heterocycles. The summed E-state index contributed by atoms with van der Waals surface area (Å²) in [6.07, 6.45) is 2.54. The highest BCUT2D eigenvalue weighted by Gasteiger charge is 2.54. The molecule has 29 heavy (non-hydrogen) atoms. The summed E-state index contributed by atoms with van der Waals surface area (Å²) in [4.78, 5) is 37.3. The zero-order valence-corrected chi connectivity index (χ0v) is 17.1. The average molecular weight is 413 g/mol. The lowest BCUT2D eigenvalue weighted by molar-refractivity contribution is -0.148. The van der Waals surface area contributed by atoms with Crippen LogP contribution in [0.4, 0.5) is 5.00 Å². The number of fused-ring (bicyclic) bond motifs is 2. The van der Waals surface area contributed by atoms with E-state index < -0.39 is 23.8 Å². The van der Waals surface area contributed by atoms with Crippen LogP contribution in [0.15, 0.2) is 29.6 Å². The van der Waals surface area contributed by atoms with E-state index >= 15 is 0 Å². The summed E-state index contributed by atoms with van der Waals surface area (Å²) in [5.41, 5.74) is 2.93. The number of hydrogen-bond donors (Lipinski definition) is 2. The lowest BCUT2D eigenvalue weighted by atomic mass is 9.78. The summed E-state index contributed by atoms with van der Waals surface area (Å²) >= 11 is 1.26. The van der Waals surface area contributed by atoms with Gasteiger partial charge in [-0.1, -0.05) is 29.8 Å². The van der Waals surface area contributed by atoms with Crippen molar-refractivity contribution >= 4 is 34.2 Å². The number of esters is 1. The van der Waals surface area contributed by atoms with Crippen molar-refractivity contribution in [1.82, 2.24) is 0 Å². The number of carboxylic acids is 1. The number of anilines is 1. The van der Waals surface area contributed by atoms with Gasteiger partial charge in [0.25, 0.3) is 0 Å². The van der Waals surface area contributed by atoms with Gasteiger partial charge in [0, 0.05) is 10.9 Å². The lowest BCUT2D eigenvalue weighted by Gasteiger charge is -2.26. The monoisotopic (exact) mass is 413 g/mol. The van der Waals surface area contributed by atoms with Gasteiger partial charge in [-0.25, -0.2) is 4.79 Å². The minimum Gasteiger partial charge on any atom is -0.481 e. The maximum atomic E-state index is 13.1. The number of benzene rings is 1. The number of carbonyl (C=O) groups excluding carboxylic acids is 2. The number of thiophene rings is 1. The summed E-state index contributed by atoms with van der Waals surface area (Å²) in [5, 5.41) is 14.7. The zero-order valence-electron chi connectivity index (χ0n) is 16.3. The number of carboxylic acid groups (broad SMARTS) is 1. The Morgan fingerprint density at radius 3 is 2.55 bits per heavy atom. The fourth-order valence-electron chi connectivity index (χ4n) is 5.00. The fourth-order valence-corrected chi connectivity index (χ4v) is 5.96. The molecule has 1 aromatic carbocycles. The van der Waals surface area contributed by atoms with Crippen LogP contribution in [0.3, 0.4) is 0 Å². The van der Waals surface area contributed by atoms with E-state index in [0.29, 0.717) is 16.1 Å². The predicted octanol–water partition coefficient (Wildman–Crippen LogP) is 4.20. The first kappa shape index (κ1) is 19.6. The van der Waals surface area contributed by atoms with Gasteiger partial charge in [-0.2, -0.15) is 0 Å². The topological polar surface area (TPSA) is 92.7 Å². The molecule has 152 valence electrons. The molecule has 1 aromatic heterocycles. The number of amides is 1. The number of ether oxygens (including phenoxy) is 1. The van der Waals surface area contributed by atoms with Gasteiger partial charge in [-0.05, 0) is 43.6 Å². The summed E-state index contributed by atoms with van der Waals surface area (Å²) in [6.45, 7) is 1.97. The summed E-state index contributed by atoms with van der Waals surface area (Å²) < 4.78 is 4.97. The van der Waals surface area contributed by atoms with E-state index in [2.05, 4.69) is 5.32 Å². The SMILES string of the molecule is COC(=O)c1c(-c2cccc(C)c2)csc1NC(=O)[C@H]1[C@H]2CC[C@@H](C2)[C@@H]1C(=O)O. The van der Waals surface area contributed by atoms with Crippen molar-refractivity contribution in [2.45, 2.75) is 26.2 Å². The Bertz CT molecular complexity index is 981. The normalized spacial score (nSPS) is 25.0. The highest BCUT2D eigenvalue weighted by molar-refractivity contribution is 7.15. The van der Waals surface area contributed by atoms with Gasteiger partial charge in [0.15, 0.2) is 0 Å². The molecule has 0 aliphatic heterocycles. The van der Waals surface area contributed by atoms with Gasteiger partial charge in [0.1, 0.15) is 10.6 Å². The molecular formula is C22H23NO5S. The Balaban J connectivity index is 1.66. The third-order valence-electron chi connectivity index (χ3n) is 6.25. The van der Waals surface area contributed by atoms with E-state index in [1.54, 1.807) is 0 Å². The van der Waals surface area contributed by atoms with Gasteiger partial charge >= 0.3 is 11.9 Å². The molecule has 4 rings (SSSR count). The molecule has 4 atom stereocenters. The third kappa shape index (κ3) is 3.44. The number of hydrogen-bond acceptors (Lipinski definition) is 5. The van der Waals surface area contributed by atoms with Crippen molar-refractivity contribution in [2.75, 3.05) is 12.4 Å². The molecule has 0 spiro atoms. The van der Waals surface area contributed by atoms with Crippen molar-refractivity contribution in [3.8, 4) is 11.1 Å². The highest BCUT2D eigenvalue weighted by atomic mass is 32.1. The minimum absolute atomic E-state index is 0.0690. The molecule has 0 unspecified atom stereocenters. The van der Waals surface area contributed by atoms with E-state index in [4.69, 9.17) is 4.74 Å². The molecule has 6 nitrogen and oxygen atoms in total. The van der Waals surface area contributed by atoms with Crippen LogP contribution in [0.5, 0.6) is 0 Å². The molecule has 2 aliphatic rings. The second kappa shape index (κ2) is 7.63. The fraction of sp³-hybridized carbons (Fsp3) is 0.409. The predicted molar refractivity (Wildman–Crippen MR) is 110 cm³/mol. The molecule has 0 saturated heterocycles. The summed E-state index contributed by atoms with van der Waals surface area (Å²) in [6, 6.07) is 7.76. The molecule has 0 radical (unpaired) electrons. The van der Waals surface area contributed by atoms with Gasteiger partial charge in [-0.3, -0.25) is 9.59 Å². The first-order valence-electron chi connectivity index (χ1n) is 9.71. The second-order valence-electron chi connectivity index (χ2n) is 7.93. The molecule has 2 aliphatic carbocycles. The van der Waals surface area contributed by atoms with Crippen LogP contribution in [0.25, 0.3) is 11.1 Å². The number of aliphatic carboxylic acids is 1. The number of aryl methyl sites for hydroxylation is 1. The summed E-state index contributed by atoms with van der Waals surface area (Å²) in [7, 11) is 1.31. The maximum absolute atomic E-state index is 13.1. The number of nitrogens with one attached hydrogen (secondary N) is 1. The molecule has 2 N–H and O–H groups in total.